The van der Waals surface area contributed by atoms with Gasteiger partial charge in [0.15, 0.2) is 0 Å². The second kappa shape index (κ2) is 8.41. The number of nitrogens with two attached hydrogens (primary N) is 1. The lowest BCUT2D eigenvalue weighted by atomic mass is 9.68. The Hall–Kier alpha value is -2.98. The summed E-state index contributed by atoms with van der Waals surface area (Å²) in [6.07, 6.45) is 0. The van der Waals surface area contributed by atoms with Crippen LogP contribution in [-0.4, -0.2) is 25.9 Å². The zero-order valence-corrected chi connectivity index (χ0v) is 17.8. The first-order valence-corrected chi connectivity index (χ1v) is 10.4. The maximum atomic E-state index is 6.54. The van der Waals surface area contributed by atoms with E-state index in [1.807, 2.05) is 24.3 Å². The van der Waals surface area contributed by atoms with Gasteiger partial charge in [-0.1, -0.05) is 48.5 Å². The largest absolute Gasteiger partial charge is 0.497 e. The summed E-state index contributed by atoms with van der Waals surface area (Å²) < 4.78 is 17.7. The average molecular weight is 404 g/mol. The summed E-state index contributed by atoms with van der Waals surface area (Å²) in [4.78, 5) is 0. The Morgan fingerprint density at radius 2 is 1.60 bits per heavy atom. The first kappa shape index (κ1) is 20.3. The van der Waals surface area contributed by atoms with Gasteiger partial charge in [-0.05, 0) is 43.2 Å². The molecule has 0 amide bonds. The molecule has 1 aliphatic rings. The van der Waals surface area contributed by atoms with E-state index in [2.05, 4.69) is 62.4 Å². The van der Waals surface area contributed by atoms with Crippen molar-refractivity contribution < 1.29 is 14.2 Å². The quantitative estimate of drug-likeness (QED) is 0.621. The third kappa shape index (κ3) is 3.88. The number of benzene rings is 3. The molecule has 0 fully saturated rings. The van der Waals surface area contributed by atoms with Crippen molar-refractivity contribution in [3.63, 3.8) is 0 Å². The van der Waals surface area contributed by atoms with E-state index in [0.717, 1.165) is 17.2 Å². The van der Waals surface area contributed by atoms with E-state index in [1.54, 1.807) is 7.11 Å². The topological polar surface area (TPSA) is 53.7 Å². The van der Waals surface area contributed by atoms with Crippen LogP contribution in [0.2, 0.25) is 0 Å². The third-order valence-electron chi connectivity index (χ3n) is 5.80. The molecule has 2 N–H and O–H groups in total. The summed E-state index contributed by atoms with van der Waals surface area (Å²) >= 11 is 0. The standard InChI is InChI=1S/C26H29NO3/c1-26(2)25(19-7-5-4-6-8-19)24(18-9-11-20(12-10-18)29-16-15-27)22-14-13-21(28-3)17-23(22)30-26/h4-14,17,24-25H,15-16,27H2,1-3H3/t24-,25+/m0/s1. The monoisotopic (exact) mass is 403 g/mol. The first-order valence-electron chi connectivity index (χ1n) is 10.4. The zero-order chi connectivity index (χ0) is 21.1. The van der Waals surface area contributed by atoms with E-state index >= 15 is 0 Å². The molecule has 0 bridgehead atoms. The Morgan fingerprint density at radius 3 is 2.27 bits per heavy atom. The van der Waals surface area contributed by atoms with Crippen molar-refractivity contribution >= 4 is 0 Å². The fraction of sp³-hybridized carbons (Fsp3) is 0.308. The van der Waals surface area contributed by atoms with Gasteiger partial charge in [0.1, 0.15) is 29.5 Å². The van der Waals surface area contributed by atoms with Crippen LogP contribution in [0.3, 0.4) is 0 Å². The molecule has 30 heavy (non-hydrogen) atoms. The lowest BCUT2D eigenvalue weighted by Gasteiger charge is -2.45. The van der Waals surface area contributed by atoms with Gasteiger partial charge in [-0.25, -0.2) is 0 Å². The molecular formula is C26H29NO3. The summed E-state index contributed by atoms with van der Waals surface area (Å²) in [6, 6.07) is 25.1. The summed E-state index contributed by atoms with van der Waals surface area (Å²) in [5.41, 5.74) is 8.82. The minimum Gasteiger partial charge on any atom is -0.497 e. The molecule has 4 heteroatoms. The van der Waals surface area contributed by atoms with Crippen LogP contribution in [0.1, 0.15) is 42.4 Å². The van der Waals surface area contributed by atoms with E-state index in [4.69, 9.17) is 19.9 Å². The van der Waals surface area contributed by atoms with Crippen LogP contribution < -0.4 is 19.9 Å². The summed E-state index contributed by atoms with van der Waals surface area (Å²) in [5, 5.41) is 0. The van der Waals surface area contributed by atoms with Gasteiger partial charge in [-0.15, -0.1) is 0 Å². The molecule has 0 spiro atoms. The lowest BCUT2D eigenvalue weighted by molar-refractivity contribution is 0.0528. The maximum Gasteiger partial charge on any atom is 0.127 e. The second-order valence-corrected chi connectivity index (χ2v) is 8.18. The van der Waals surface area contributed by atoms with Crippen molar-refractivity contribution in [2.45, 2.75) is 31.3 Å². The molecule has 3 aromatic rings. The molecule has 2 atom stereocenters. The average Bonchev–Trinajstić information content (AvgIpc) is 2.76. The first-order chi connectivity index (χ1) is 14.5. The Morgan fingerprint density at radius 1 is 0.900 bits per heavy atom. The number of hydrogen-bond donors (Lipinski definition) is 1. The number of methoxy groups -OCH3 is 1. The molecule has 0 unspecified atom stereocenters. The molecule has 3 aromatic carbocycles. The van der Waals surface area contributed by atoms with Crippen LogP contribution in [0, 0.1) is 0 Å². The Bertz CT molecular complexity index is 983. The Balaban J connectivity index is 1.84. The minimum absolute atomic E-state index is 0.139. The highest BCUT2D eigenvalue weighted by molar-refractivity contribution is 5.52. The second-order valence-electron chi connectivity index (χ2n) is 8.18. The highest BCUT2D eigenvalue weighted by atomic mass is 16.5. The molecule has 156 valence electrons. The minimum atomic E-state index is -0.403. The maximum absolute atomic E-state index is 6.54. The molecule has 1 heterocycles. The number of fused-ring (bicyclic) bond motifs is 1. The van der Waals surface area contributed by atoms with Gasteiger partial charge >= 0.3 is 0 Å². The predicted octanol–water partition coefficient (Wildman–Crippen LogP) is 5.12. The van der Waals surface area contributed by atoms with Crippen molar-refractivity contribution in [3.8, 4) is 17.2 Å². The molecule has 0 saturated heterocycles. The summed E-state index contributed by atoms with van der Waals surface area (Å²) in [6.45, 7) is 5.34. The van der Waals surface area contributed by atoms with Gasteiger partial charge in [0.2, 0.25) is 0 Å². The van der Waals surface area contributed by atoms with E-state index in [1.165, 1.54) is 16.7 Å². The number of hydrogen-bond acceptors (Lipinski definition) is 4. The van der Waals surface area contributed by atoms with Crippen molar-refractivity contribution in [2.75, 3.05) is 20.3 Å². The Kier molecular flexibility index (Phi) is 5.69. The molecule has 4 rings (SSSR count). The SMILES string of the molecule is COc1ccc2c(c1)OC(C)(C)[C@H](c1ccccc1)[C@H]2c1ccc(OCCN)cc1. The normalized spacial score (nSPS) is 19.5. The van der Waals surface area contributed by atoms with Gasteiger partial charge < -0.3 is 19.9 Å². The van der Waals surface area contributed by atoms with Crippen LogP contribution in [0.4, 0.5) is 0 Å². The molecule has 0 radical (unpaired) electrons. The summed E-state index contributed by atoms with van der Waals surface area (Å²) in [5.74, 6) is 2.80. The van der Waals surface area contributed by atoms with Crippen LogP contribution in [0.5, 0.6) is 17.2 Å². The van der Waals surface area contributed by atoms with Crippen LogP contribution in [0.25, 0.3) is 0 Å². The van der Waals surface area contributed by atoms with Gasteiger partial charge in [-0.2, -0.15) is 0 Å². The zero-order valence-electron chi connectivity index (χ0n) is 17.8. The van der Waals surface area contributed by atoms with Gasteiger partial charge in [-0.3, -0.25) is 0 Å². The Labute approximate surface area is 178 Å². The fourth-order valence-corrected chi connectivity index (χ4v) is 4.49. The summed E-state index contributed by atoms with van der Waals surface area (Å²) in [7, 11) is 1.68. The highest BCUT2D eigenvalue weighted by Crippen LogP contribution is 2.53. The van der Waals surface area contributed by atoms with E-state index in [0.29, 0.717) is 13.2 Å². The van der Waals surface area contributed by atoms with Crippen molar-refractivity contribution in [1.82, 2.24) is 0 Å². The number of ether oxygens (including phenoxy) is 3. The fourth-order valence-electron chi connectivity index (χ4n) is 4.49. The molecule has 4 nitrogen and oxygen atoms in total. The van der Waals surface area contributed by atoms with Gasteiger partial charge in [0, 0.05) is 30.0 Å². The number of rotatable bonds is 6. The third-order valence-corrected chi connectivity index (χ3v) is 5.80. The molecule has 0 saturated carbocycles. The molecule has 0 aromatic heterocycles. The smallest absolute Gasteiger partial charge is 0.127 e. The van der Waals surface area contributed by atoms with Crippen molar-refractivity contribution in [2.24, 2.45) is 5.73 Å². The van der Waals surface area contributed by atoms with Crippen LogP contribution in [0.15, 0.2) is 72.8 Å². The molecule has 1 aliphatic heterocycles. The van der Waals surface area contributed by atoms with E-state index < -0.39 is 5.60 Å². The molecule has 0 aliphatic carbocycles. The van der Waals surface area contributed by atoms with Crippen molar-refractivity contribution in [3.05, 3.63) is 89.5 Å². The lowest BCUT2D eigenvalue weighted by Crippen LogP contribution is -2.43. The van der Waals surface area contributed by atoms with Crippen LogP contribution >= 0.6 is 0 Å². The van der Waals surface area contributed by atoms with Crippen LogP contribution in [-0.2, 0) is 0 Å². The van der Waals surface area contributed by atoms with E-state index in [-0.39, 0.29) is 11.8 Å². The molecular weight excluding hydrogens is 374 g/mol. The highest BCUT2D eigenvalue weighted by Gasteiger charge is 2.45. The predicted molar refractivity (Wildman–Crippen MR) is 120 cm³/mol. The van der Waals surface area contributed by atoms with Crippen molar-refractivity contribution in [1.29, 1.82) is 0 Å². The van der Waals surface area contributed by atoms with E-state index in [9.17, 15) is 0 Å². The van der Waals surface area contributed by atoms with Gasteiger partial charge in [0.05, 0.1) is 7.11 Å². The van der Waals surface area contributed by atoms with Gasteiger partial charge in [0.25, 0.3) is 0 Å².